The van der Waals surface area contributed by atoms with Crippen LogP contribution in [0.2, 0.25) is 0 Å². The summed E-state index contributed by atoms with van der Waals surface area (Å²) in [5.74, 6) is -0.339. The van der Waals surface area contributed by atoms with Crippen molar-refractivity contribution in [3.63, 3.8) is 0 Å². The molecule has 0 aliphatic carbocycles. The van der Waals surface area contributed by atoms with Crippen LogP contribution in [0.15, 0.2) is 30.3 Å². The van der Waals surface area contributed by atoms with Gasteiger partial charge in [-0.2, -0.15) is 0 Å². The second-order valence-electron chi connectivity index (χ2n) is 10.8. The van der Waals surface area contributed by atoms with Crippen molar-refractivity contribution < 1.29 is 23.8 Å². The zero-order chi connectivity index (χ0) is 26.3. The van der Waals surface area contributed by atoms with E-state index in [0.29, 0.717) is 31.9 Å². The highest BCUT2D eigenvalue weighted by molar-refractivity contribution is 5.76. The first kappa shape index (κ1) is 27.0. The van der Waals surface area contributed by atoms with Gasteiger partial charge in [0.2, 0.25) is 0 Å². The van der Waals surface area contributed by atoms with Crippen LogP contribution >= 0.6 is 0 Å². The molecule has 0 amide bonds. The van der Waals surface area contributed by atoms with Crippen molar-refractivity contribution in [1.29, 1.82) is 0 Å². The lowest BCUT2D eigenvalue weighted by molar-refractivity contribution is -0.143. The number of pyridine rings is 1. The first-order valence-electron chi connectivity index (χ1n) is 14.3. The Balaban J connectivity index is 1.14. The lowest BCUT2D eigenvalue weighted by atomic mass is 9.93. The van der Waals surface area contributed by atoms with Crippen LogP contribution in [0.3, 0.4) is 0 Å². The molecule has 3 aliphatic rings. The number of aliphatic carboxylic acids is 1. The van der Waals surface area contributed by atoms with E-state index in [4.69, 9.17) is 14.5 Å². The van der Waals surface area contributed by atoms with Crippen LogP contribution in [-0.4, -0.2) is 59.9 Å². The summed E-state index contributed by atoms with van der Waals surface area (Å²) in [6.45, 7) is 3.41. The van der Waals surface area contributed by atoms with Gasteiger partial charge in [0.1, 0.15) is 17.7 Å². The monoisotopic (exact) mass is 525 g/mol. The topological polar surface area (TPSA) is 83.9 Å². The zero-order valence-corrected chi connectivity index (χ0v) is 22.2. The average molecular weight is 526 g/mol. The van der Waals surface area contributed by atoms with Gasteiger partial charge in [-0.25, -0.2) is 9.37 Å². The number of likely N-dealkylation sites (tertiary alicyclic amines) is 1. The Morgan fingerprint density at radius 3 is 3.00 bits per heavy atom. The molecule has 3 atom stereocenters. The zero-order valence-electron chi connectivity index (χ0n) is 22.2. The minimum absolute atomic E-state index is 0.0194. The molecule has 0 radical (unpaired) electrons. The molecule has 2 aromatic rings. The Morgan fingerprint density at radius 2 is 2.11 bits per heavy atom. The number of anilines is 1. The number of hydrogen-bond acceptors (Lipinski definition) is 6. The molecule has 8 heteroatoms. The fourth-order valence-electron chi connectivity index (χ4n) is 6.02. The van der Waals surface area contributed by atoms with E-state index in [-0.39, 0.29) is 12.2 Å². The van der Waals surface area contributed by atoms with E-state index < -0.39 is 17.8 Å². The molecule has 2 N–H and O–H groups in total. The smallest absolute Gasteiger partial charge is 0.325 e. The van der Waals surface area contributed by atoms with Gasteiger partial charge in [-0.15, -0.1) is 0 Å². The number of fused-ring (bicyclic) bond motifs is 1. The summed E-state index contributed by atoms with van der Waals surface area (Å²) < 4.78 is 26.5. The number of nitrogens with zero attached hydrogens (tertiary/aromatic N) is 2. The van der Waals surface area contributed by atoms with Gasteiger partial charge in [0.05, 0.1) is 12.2 Å². The number of halogens is 1. The maximum atomic E-state index is 14.3. The number of nitrogens with one attached hydrogen (secondary N) is 1. The minimum atomic E-state index is -0.960. The Bertz CT molecular complexity index is 1090. The molecule has 1 aromatic heterocycles. The van der Waals surface area contributed by atoms with Crippen LogP contribution in [0.5, 0.6) is 0 Å². The molecule has 0 unspecified atom stereocenters. The molecule has 2 fully saturated rings. The third-order valence-electron chi connectivity index (χ3n) is 8.03. The third kappa shape index (κ3) is 6.71. The predicted molar refractivity (Wildman–Crippen MR) is 144 cm³/mol. The fourth-order valence-corrected chi connectivity index (χ4v) is 6.02. The summed E-state index contributed by atoms with van der Waals surface area (Å²) >= 11 is 0. The van der Waals surface area contributed by atoms with Gasteiger partial charge in [0.15, 0.2) is 0 Å². The van der Waals surface area contributed by atoms with Crippen LogP contribution in [0, 0.1) is 5.82 Å². The van der Waals surface area contributed by atoms with Crippen molar-refractivity contribution in [3.05, 3.63) is 58.5 Å². The number of aromatic nitrogens is 1. The number of aryl methyl sites for hydroxylation is 2. The van der Waals surface area contributed by atoms with Crippen molar-refractivity contribution >= 4 is 11.8 Å². The summed E-state index contributed by atoms with van der Waals surface area (Å²) in [6.07, 6.45) is 9.62. The second-order valence-corrected chi connectivity index (χ2v) is 10.8. The van der Waals surface area contributed by atoms with E-state index in [1.54, 1.807) is 6.07 Å². The van der Waals surface area contributed by atoms with E-state index in [2.05, 4.69) is 17.4 Å². The fraction of sp³-hybridized carbons (Fsp3) is 0.600. The second kappa shape index (κ2) is 13.0. The Labute approximate surface area is 224 Å². The number of carbonyl (C=O) groups is 1. The standard InChI is InChI=1S/C30H40FN3O4/c31-22-11-13-25(27-9-2-1-4-18-38-27)26(19-22)28(30(35)36)34-16-14-24(20-34)37-17-5-3-8-23-12-10-21-7-6-15-32-29(21)33-23/h10-13,19,24,27-28H,1-9,14-18,20H2,(H,32,33)(H,35,36)/t24-,27+,28+/m1/s1. The van der Waals surface area contributed by atoms with Gasteiger partial charge in [0, 0.05) is 38.5 Å². The quantitative estimate of drug-likeness (QED) is 0.399. The van der Waals surface area contributed by atoms with Crippen LogP contribution in [0.25, 0.3) is 0 Å². The van der Waals surface area contributed by atoms with E-state index >= 15 is 0 Å². The number of benzene rings is 1. The summed E-state index contributed by atoms with van der Waals surface area (Å²) in [6, 6.07) is 7.93. The third-order valence-corrected chi connectivity index (χ3v) is 8.03. The van der Waals surface area contributed by atoms with Crippen molar-refractivity contribution in [2.24, 2.45) is 0 Å². The van der Waals surface area contributed by atoms with Gasteiger partial charge in [-0.05, 0) is 86.3 Å². The van der Waals surface area contributed by atoms with Gasteiger partial charge in [-0.3, -0.25) is 9.69 Å². The summed E-state index contributed by atoms with van der Waals surface area (Å²) in [7, 11) is 0. The highest BCUT2D eigenvalue weighted by atomic mass is 19.1. The molecule has 1 aromatic carbocycles. The van der Waals surface area contributed by atoms with E-state index in [1.807, 2.05) is 4.90 Å². The Morgan fingerprint density at radius 1 is 1.18 bits per heavy atom. The molecule has 0 bridgehead atoms. The molecular formula is C30H40FN3O4. The molecule has 7 nitrogen and oxygen atoms in total. The first-order chi connectivity index (χ1) is 18.6. The van der Waals surface area contributed by atoms with Crippen molar-refractivity contribution in [1.82, 2.24) is 9.88 Å². The van der Waals surface area contributed by atoms with Crippen molar-refractivity contribution in [2.45, 2.75) is 82.5 Å². The van der Waals surface area contributed by atoms with Crippen LogP contribution < -0.4 is 5.32 Å². The summed E-state index contributed by atoms with van der Waals surface area (Å²) in [5.41, 5.74) is 3.73. The molecule has 0 spiro atoms. The minimum Gasteiger partial charge on any atom is -0.480 e. The summed E-state index contributed by atoms with van der Waals surface area (Å²) in [4.78, 5) is 19.2. The number of carboxylic acid groups (broad SMARTS) is 1. The van der Waals surface area contributed by atoms with Gasteiger partial charge in [0.25, 0.3) is 0 Å². The van der Waals surface area contributed by atoms with Gasteiger partial charge in [-0.1, -0.05) is 25.0 Å². The average Bonchev–Trinajstić information content (AvgIpc) is 3.20. The number of carboxylic acids is 1. The normalized spacial score (nSPS) is 22.9. The molecular weight excluding hydrogens is 485 g/mol. The van der Waals surface area contributed by atoms with Crippen LogP contribution in [0.1, 0.15) is 85.9 Å². The maximum absolute atomic E-state index is 14.3. The number of rotatable bonds is 10. The van der Waals surface area contributed by atoms with Crippen LogP contribution in [-0.2, 0) is 27.1 Å². The molecule has 38 heavy (non-hydrogen) atoms. The molecule has 3 aliphatic heterocycles. The molecule has 206 valence electrons. The molecule has 4 heterocycles. The maximum Gasteiger partial charge on any atom is 0.325 e. The number of hydrogen-bond donors (Lipinski definition) is 2. The van der Waals surface area contributed by atoms with Crippen LogP contribution in [0.4, 0.5) is 10.2 Å². The van der Waals surface area contributed by atoms with Crippen molar-refractivity contribution in [2.75, 3.05) is 38.2 Å². The summed E-state index contributed by atoms with van der Waals surface area (Å²) in [5, 5.41) is 13.6. The number of unbranched alkanes of at least 4 members (excludes halogenated alkanes) is 1. The largest absolute Gasteiger partial charge is 0.480 e. The van der Waals surface area contributed by atoms with E-state index in [9.17, 15) is 14.3 Å². The highest BCUT2D eigenvalue weighted by Crippen LogP contribution is 2.36. The first-order valence-corrected chi connectivity index (χ1v) is 14.3. The van der Waals surface area contributed by atoms with Gasteiger partial charge < -0.3 is 19.9 Å². The van der Waals surface area contributed by atoms with E-state index in [0.717, 1.165) is 87.8 Å². The highest BCUT2D eigenvalue weighted by Gasteiger charge is 2.36. The molecule has 2 saturated heterocycles. The Kier molecular flexibility index (Phi) is 9.25. The lowest BCUT2D eigenvalue weighted by Gasteiger charge is -2.28. The van der Waals surface area contributed by atoms with Crippen molar-refractivity contribution in [3.8, 4) is 0 Å². The number of ether oxygens (including phenoxy) is 2. The predicted octanol–water partition coefficient (Wildman–Crippen LogP) is 5.45. The molecule has 0 saturated carbocycles. The lowest BCUT2D eigenvalue weighted by Crippen LogP contribution is -2.34. The SMILES string of the molecule is O=C(O)[C@H](c1cc(F)ccc1[C@@H]1CCCCCO1)N1CC[C@@H](OCCCCc2ccc3c(n2)NCCC3)C1. The molecule has 5 rings (SSSR count). The van der Waals surface area contributed by atoms with E-state index in [1.165, 1.54) is 17.7 Å². The Hall–Kier alpha value is -2.55. The van der Waals surface area contributed by atoms with Gasteiger partial charge >= 0.3 is 5.97 Å².